The third kappa shape index (κ3) is 2.86. The van der Waals surface area contributed by atoms with E-state index in [2.05, 4.69) is 29.4 Å². The highest BCUT2D eigenvalue weighted by molar-refractivity contribution is 5.90. The van der Waals surface area contributed by atoms with Crippen molar-refractivity contribution in [2.75, 3.05) is 29.9 Å². The van der Waals surface area contributed by atoms with E-state index in [1.807, 2.05) is 0 Å². The lowest BCUT2D eigenvalue weighted by molar-refractivity contribution is -0.107. The van der Waals surface area contributed by atoms with Gasteiger partial charge in [-0.2, -0.15) is 0 Å². The SMILES string of the molecule is CC1(C)[C@H](NC(=O)Nc2ccc(N3CCCC3)c(F)c2)[C@@H]2CCO[C@H]21. The maximum Gasteiger partial charge on any atom is 0.319 e. The molecular formula is C19H26FN3O2. The van der Waals surface area contributed by atoms with E-state index in [-0.39, 0.29) is 29.4 Å². The van der Waals surface area contributed by atoms with Crippen LogP contribution in [-0.4, -0.2) is 37.9 Å². The van der Waals surface area contributed by atoms with Gasteiger partial charge in [0.2, 0.25) is 0 Å². The van der Waals surface area contributed by atoms with Gasteiger partial charge in [0.15, 0.2) is 0 Å². The van der Waals surface area contributed by atoms with E-state index >= 15 is 0 Å². The second-order valence-corrected chi connectivity index (χ2v) is 8.00. The summed E-state index contributed by atoms with van der Waals surface area (Å²) in [5.41, 5.74) is 1.03. The van der Waals surface area contributed by atoms with Crippen LogP contribution in [0.4, 0.5) is 20.6 Å². The molecule has 0 bridgehead atoms. The summed E-state index contributed by atoms with van der Waals surface area (Å²) in [7, 11) is 0. The summed E-state index contributed by atoms with van der Waals surface area (Å²) in [6.07, 6.45) is 3.42. The lowest BCUT2D eigenvalue weighted by atomic mass is 9.57. The Kier molecular flexibility index (Phi) is 4.10. The molecule has 1 aromatic carbocycles. The molecule has 0 radical (unpaired) electrons. The predicted octanol–water partition coefficient (Wildman–Crippen LogP) is 3.36. The number of rotatable bonds is 3. The van der Waals surface area contributed by atoms with Crippen LogP contribution in [0.3, 0.4) is 0 Å². The Morgan fingerprint density at radius 1 is 1.32 bits per heavy atom. The molecule has 3 atom stereocenters. The maximum atomic E-state index is 14.4. The molecule has 6 heteroatoms. The summed E-state index contributed by atoms with van der Waals surface area (Å²) in [6.45, 7) is 6.79. The minimum absolute atomic E-state index is 0.0661. The Morgan fingerprint density at radius 3 is 2.80 bits per heavy atom. The minimum Gasteiger partial charge on any atom is -0.377 e. The van der Waals surface area contributed by atoms with Gasteiger partial charge < -0.3 is 20.3 Å². The largest absolute Gasteiger partial charge is 0.377 e. The van der Waals surface area contributed by atoms with Gasteiger partial charge in [-0.25, -0.2) is 9.18 Å². The number of benzene rings is 1. The number of urea groups is 1. The zero-order valence-electron chi connectivity index (χ0n) is 14.8. The summed E-state index contributed by atoms with van der Waals surface area (Å²) in [6, 6.07) is 4.74. The fraction of sp³-hybridized carbons (Fsp3) is 0.632. The number of hydrogen-bond acceptors (Lipinski definition) is 3. The Balaban J connectivity index is 1.39. The Hall–Kier alpha value is -1.82. The van der Waals surface area contributed by atoms with Crippen molar-refractivity contribution in [2.45, 2.75) is 45.3 Å². The molecule has 1 aliphatic carbocycles. The zero-order valence-corrected chi connectivity index (χ0v) is 14.8. The number of fused-ring (bicyclic) bond motifs is 1. The zero-order chi connectivity index (χ0) is 17.6. The van der Waals surface area contributed by atoms with E-state index in [1.165, 1.54) is 6.07 Å². The molecule has 4 rings (SSSR count). The van der Waals surface area contributed by atoms with Gasteiger partial charge in [-0.1, -0.05) is 13.8 Å². The predicted molar refractivity (Wildman–Crippen MR) is 95.4 cm³/mol. The molecule has 3 fully saturated rings. The molecule has 2 N–H and O–H groups in total. The average Bonchev–Trinajstić information content (AvgIpc) is 3.23. The number of nitrogens with zero attached hydrogens (tertiary/aromatic N) is 1. The van der Waals surface area contributed by atoms with Crippen LogP contribution >= 0.6 is 0 Å². The van der Waals surface area contributed by atoms with E-state index in [0.29, 0.717) is 17.3 Å². The van der Waals surface area contributed by atoms with Gasteiger partial charge in [0.25, 0.3) is 0 Å². The van der Waals surface area contributed by atoms with E-state index in [1.54, 1.807) is 12.1 Å². The van der Waals surface area contributed by atoms with Crippen LogP contribution in [0, 0.1) is 17.2 Å². The average molecular weight is 347 g/mol. The number of carbonyl (C=O) groups excluding carboxylic acids is 1. The van der Waals surface area contributed by atoms with E-state index in [0.717, 1.165) is 39.0 Å². The molecular weight excluding hydrogens is 321 g/mol. The standard InChI is InChI=1S/C19H26FN3O2/c1-19(2)16(13-7-10-25-17(13)19)22-18(24)21-12-5-6-15(14(20)11-12)23-8-3-4-9-23/h5-6,11,13,16-17H,3-4,7-10H2,1-2H3,(H2,21,22,24)/t13-,16+,17+/m0/s1. The quantitative estimate of drug-likeness (QED) is 0.881. The first kappa shape index (κ1) is 16.6. The molecule has 1 saturated carbocycles. The highest BCUT2D eigenvalue weighted by atomic mass is 19.1. The van der Waals surface area contributed by atoms with Crippen LogP contribution in [0.15, 0.2) is 18.2 Å². The van der Waals surface area contributed by atoms with Gasteiger partial charge in [0.1, 0.15) is 5.82 Å². The summed E-state index contributed by atoms with van der Waals surface area (Å²) >= 11 is 0. The number of anilines is 2. The van der Waals surface area contributed by atoms with Gasteiger partial charge in [-0.3, -0.25) is 0 Å². The number of hydrogen-bond donors (Lipinski definition) is 2. The fourth-order valence-electron chi connectivity index (χ4n) is 4.72. The summed E-state index contributed by atoms with van der Waals surface area (Å²) in [5.74, 6) is 0.1000. The molecule has 0 unspecified atom stereocenters. The first-order chi connectivity index (χ1) is 12.0. The molecule has 2 amide bonds. The number of amides is 2. The van der Waals surface area contributed by atoms with E-state index in [9.17, 15) is 9.18 Å². The smallest absolute Gasteiger partial charge is 0.319 e. The molecule has 0 aromatic heterocycles. The van der Waals surface area contributed by atoms with Crippen molar-refractivity contribution in [3.63, 3.8) is 0 Å². The van der Waals surface area contributed by atoms with Crippen molar-refractivity contribution in [3.8, 4) is 0 Å². The minimum atomic E-state index is -0.284. The second kappa shape index (κ2) is 6.16. The van der Waals surface area contributed by atoms with Gasteiger partial charge in [0, 0.05) is 42.8 Å². The Labute approximate surface area is 147 Å². The summed E-state index contributed by atoms with van der Waals surface area (Å²) in [5, 5.41) is 5.82. The first-order valence-corrected chi connectivity index (χ1v) is 9.20. The molecule has 1 aromatic rings. The normalized spacial score (nSPS) is 29.9. The molecule has 136 valence electrons. The second-order valence-electron chi connectivity index (χ2n) is 8.00. The van der Waals surface area contributed by atoms with Gasteiger partial charge >= 0.3 is 6.03 Å². The highest BCUT2D eigenvalue weighted by Gasteiger charge is 2.59. The molecule has 0 spiro atoms. The van der Waals surface area contributed by atoms with Crippen molar-refractivity contribution in [2.24, 2.45) is 11.3 Å². The van der Waals surface area contributed by atoms with Crippen molar-refractivity contribution in [1.82, 2.24) is 5.32 Å². The lowest BCUT2D eigenvalue weighted by Crippen LogP contribution is -2.67. The topological polar surface area (TPSA) is 53.6 Å². The monoisotopic (exact) mass is 347 g/mol. The van der Waals surface area contributed by atoms with Crippen LogP contribution in [0.25, 0.3) is 0 Å². The Bertz CT molecular complexity index is 673. The molecule has 2 heterocycles. The van der Waals surface area contributed by atoms with E-state index in [4.69, 9.17) is 4.74 Å². The van der Waals surface area contributed by atoms with Crippen LogP contribution in [0.5, 0.6) is 0 Å². The molecule has 5 nitrogen and oxygen atoms in total. The van der Waals surface area contributed by atoms with Crippen molar-refractivity contribution in [1.29, 1.82) is 0 Å². The van der Waals surface area contributed by atoms with Gasteiger partial charge in [-0.15, -0.1) is 0 Å². The van der Waals surface area contributed by atoms with Crippen LogP contribution < -0.4 is 15.5 Å². The maximum absolute atomic E-state index is 14.4. The Morgan fingerprint density at radius 2 is 2.08 bits per heavy atom. The van der Waals surface area contributed by atoms with Crippen LogP contribution in [-0.2, 0) is 4.74 Å². The number of ether oxygens (including phenoxy) is 1. The highest BCUT2D eigenvalue weighted by Crippen LogP contribution is 2.52. The van der Waals surface area contributed by atoms with Crippen LogP contribution in [0.2, 0.25) is 0 Å². The van der Waals surface area contributed by atoms with Crippen molar-refractivity contribution >= 4 is 17.4 Å². The van der Waals surface area contributed by atoms with E-state index < -0.39 is 0 Å². The van der Waals surface area contributed by atoms with Gasteiger partial charge in [-0.05, 0) is 37.5 Å². The summed E-state index contributed by atoms with van der Waals surface area (Å²) in [4.78, 5) is 14.4. The number of halogens is 1. The lowest BCUT2D eigenvalue weighted by Gasteiger charge is -2.54. The molecule has 3 aliphatic rings. The fourth-order valence-corrected chi connectivity index (χ4v) is 4.72. The third-order valence-corrected chi connectivity index (χ3v) is 6.04. The van der Waals surface area contributed by atoms with Crippen molar-refractivity contribution < 1.29 is 13.9 Å². The summed E-state index contributed by atoms with van der Waals surface area (Å²) < 4.78 is 20.1. The first-order valence-electron chi connectivity index (χ1n) is 9.20. The third-order valence-electron chi connectivity index (χ3n) is 6.04. The van der Waals surface area contributed by atoms with Crippen LogP contribution in [0.1, 0.15) is 33.1 Å². The molecule has 2 saturated heterocycles. The van der Waals surface area contributed by atoms with Gasteiger partial charge in [0.05, 0.1) is 11.8 Å². The molecule has 2 aliphatic heterocycles. The number of carbonyl (C=O) groups is 1. The van der Waals surface area contributed by atoms with Crippen molar-refractivity contribution in [3.05, 3.63) is 24.0 Å². The molecule has 25 heavy (non-hydrogen) atoms. The number of nitrogens with one attached hydrogen (secondary N) is 2.